The number of nitrogens with one attached hydrogen (secondary N) is 1. The SMILES string of the molecule is Fc1ccc(-n2cccc2[C@H]2[C@@H](c3ccccn3)NC(=S)N2c2ccc3c(c2)OCO3)cc1. The average Bonchev–Trinajstić information content (AvgIpc) is 3.57. The summed E-state index contributed by atoms with van der Waals surface area (Å²) in [5.74, 6) is 1.12. The first-order valence-electron chi connectivity index (χ1n) is 10.5. The smallest absolute Gasteiger partial charge is 0.231 e. The molecule has 0 saturated carbocycles. The molecule has 0 unspecified atom stereocenters. The Kier molecular flexibility index (Phi) is 4.73. The number of thiocarbonyl (C=S) groups is 1. The van der Waals surface area contributed by atoms with Gasteiger partial charge >= 0.3 is 0 Å². The molecule has 2 aromatic carbocycles. The molecule has 4 aromatic rings. The van der Waals surface area contributed by atoms with Gasteiger partial charge in [0.05, 0.1) is 11.7 Å². The molecule has 8 heteroatoms. The Labute approximate surface area is 195 Å². The molecule has 2 aromatic heterocycles. The van der Waals surface area contributed by atoms with Crippen molar-refractivity contribution in [3.63, 3.8) is 0 Å². The minimum absolute atomic E-state index is 0.196. The Morgan fingerprint density at radius 3 is 2.58 bits per heavy atom. The Hall–Kier alpha value is -3.91. The highest BCUT2D eigenvalue weighted by atomic mass is 32.1. The zero-order chi connectivity index (χ0) is 22.4. The van der Waals surface area contributed by atoms with Crippen LogP contribution >= 0.6 is 12.2 Å². The number of aromatic nitrogens is 2. The van der Waals surface area contributed by atoms with Crippen molar-refractivity contribution < 1.29 is 13.9 Å². The standard InChI is InChI=1S/C25H19FN4O2S/c26-16-6-8-17(9-7-16)29-13-3-5-20(29)24-23(19-4-1-2-12-27-19)28-25(33)30(24)18-10-11-21-22(14-18)32-15-31-21/h1-14,23-24H,15H2,(H,28,33)/t23-,24+/m1/s1. The summed E-state index contributed by atoms with van der Waals surface area (Å²) < 4.78 is 26.7. The van der Waals surface area contributed by atoms with Crippen molar-refractivity contribution in [1.82, 2.24) is 14.9 Å². The third kappa shape index (κ3) is 3.39. The molecule has 1 N–H and O–H groups in total. The van der Waals surface area contributed by atoms with E-state index in [1.54, 1.807) is 18.3 Å². The Morgan fingerprint density at radius 1 is 0.939 bits per heavy atom. The monoisotopic (exact) mass is 458 g/mol. The molecule has 164 valence electrons. The van der Waals surface area contributed by atoms with Gasteiger partial charge in [0.1, 0.15) is 11.9 Å². The van der Waals surface area contributed by atoms with Gasteiger partial charge in [0.2, 0.25) is 6.79 Å². The normalized spacial score (nSPS) is 19.1. The van der Waals surface area contributed by atoms with Gasteiger partial charge < -0.3 is 24.3 Å². The van der Waals surface area contributed by atoms with E-state index in [2.05, 4.69) is 25.8 Å². The number of ether oxygens (including phenoxy) is 2. The fraction of sp³-hybridized carbons (Fsp3) is 0.120. The van der Waals surface area contributed by atoms with E-state index in [0.717, 1.165) is 22.8 Å². The van der Waals surface area contributed by atoms with Gasteiger partial charge in [-0.15, -0.1) is 0 Å². The maximum absolute atomic E-state index is 13.6. The molecule has 1 saturated heterocycles. The van der Waals surface area contributed by atoms with Crippen LogP contribution in [-0.2, 0) is 0 Å². The first kappa shape index (κ1) is 19.8. The minimum Gasteiger partial charge on any atom is -0.454 e. The lowest BCUT2D eigenvalue weighted by Crippen LogP contribution is -2.30. The molecule has 0 aliphatic carbocycles. The molecule has 33 heavy (non-hydrogen) atoms. The van der Waals surface area contributed by atoms with Crippen LogP contribution in [0.25, 0.3) is 5.69 Å². The minimum atomic E-state index is -0.274. The van der Waals surface area contributed by atoms with Gasteiger partial charge in [-0.25, -0.2) is 4.39 Å². The third-order valence-corrected chi connectivity index (χ3v) is 6.24. The summed E-state index contributed by atoms with van der Waals surface area (Å²) in [6.45, 7) is 0.203. The van der Waals surface area contributed by atoms with E-state index in [-0.39, 0.29) is 24.7 Å². The number of fused-ring (bicyclic) bond motifs is 1. The summed E-state index contributed by atoms with van der Waals surface area (Å²) in [6.07, 6.45) is 3.75. The quantitative estimate of drug-likeness (QED) is 0.438. The Morgan fingerprint density at radius 2 is 1.76 bits per heavy atom. The van der Waals surface area contributed by atoms with Gasteiger partial charge in [0.25, 0.3) is 0 Å². The first-order chi connectivity index (χ1) is 16.2. The second-order valence-electron chi connectivity index (χ2n) is 7.81. The molecule has 0 radical (unpaired) electrons. The van der Waals surface area contributed by atoms with Crippen molar-refractivity contribution >= 4 is 23.0 Å². The Bertz CT molecular complexity index is 1330. The summed E-state index contributed by atoms with van der Waals surface area (Å²) in [4.78, 5) is 6.68. The van der Waals surface area contributed by atoms with Gasteiger partial charge in [-0.05, 0) is 72.9 Å². The topological polar surface area (TPSA) is 51.6 Å². The van der Waals surface area contributed by atoms with E-state index in [0.29, 0.717) is 16.6 Å². The van der Waals surface area contributed by atoms with Crippen molar-refractivity contribution in [2.45, 2.75) is 12.1 Å². The van der Waals surface area contributed by atoms with E-state index >= 15 is 0 Å². The van der Waals surface area contributed by atoms with E-state index in [1.807, 2.05) is 48.7 Å². The van der Waals surface area contributed by atoms with Gasteiger partial charge in [-0.1, -0.05) is 6.07 Å². The zero-order valence-electron chi connectivity index (χ0n) is 17.4. The second-order valence-corrected chi connectivity index (χ2v) is 8.20. The van der Waals surface area contributed by atoms with Gasteiger partial charge in [-0.3, -0.25) is 4.98 Å². The highest BCUT2D eigenvalue weighted by molar-refractivity contribution is 7.80. The molecule has 4 heterocycles. The largest absolute Gasteiger partial charge is 0.454 e. The van der Waals surface area contributed by atoms with Crippen molar-refractivity contribution in [3.05, 3.63) is 102 Å². The first-order valence-corrected chi connectivity index (χ1v) is 10.9. The highest BCUT2D eigenvalue weighted by Gasteiger charge is 2.42. The maximum atomic E-state index is 13.6. The summed E-state index contributed by atoms with van der Waals surface area (Å²) >= 11 is 5.81. The number of anilines is 1. The van der Waals surface area contributed by atoms with Crippen LogP contribution in [-0.4, -0.2) is 21.5 Å². The number of halogens is 1. The second kappa shape index (κ2) is 7.90. The predicted octanol–water partition coefficient (Wildman–Crippen LogP) is 4.92. The van der Waals surface area contributed by atoms with Crippen molar-refractivity contribution in [1.29, 1.82) is 0 Å². The Balaban J connectivity index is 1.50. The number of hydrogen-bond acceptors (Lipinski definition) is 4. The summed E-state index contributed by atoms with van der Waals surface area (Å²) in [5.41, 5.74) is 3.61. The van der Waals surface area contributed by atoms with Crippen LogP contribution in [0, 0.1) is 5.82 Å². The van der Waals surface area contributed by atoms with Gasteiger partial charge in [-0.2, -0.15) is 0 Å². The third-order valence-electron chi connectivity index (χ3n) is 5.92. The van der Waals surface area contributed by atoms with Gasteiger partial charge in [0.15, 0.2) is 16.6 Å². The maximum Gasteiger partial charge on any atom is 0.231 e. The molecule has 2 atom stereocenters. The summed E-state index contributed by atoms with van der Waals surface area (Å²) in [5, 5.41) is 4.05. The number of rotatable bonds is 4. The van der Waals surface area contributed by atoms with Crippen LogP contribution in [0.15, 0.2) is 85.2 Å². The van der Waals surface area contributed by atoms with E-state index in [9.17, 15) is 4.39 Å². The van der Waals surface area contributed by atoms with Crippen LogP contribution in [0.5, 0.6) is 11.5 Å². The molecule has 0 amide bonds. The van der Waals surface area contributed by atoms with Gasteiger partial charge in [0, 0.05) is 35.5 Å². The lowest BCUT2D eigenvalue weighted by Gasteiger charge is -2.29. The molecule has 6 nitrogen and oxygen atoms in total. The van der Waals surface area contributed by atoms with E-state index in [1.165, 1.54) is 12.1 Å². The van der Waals surface area contributed by atoms with Crippen LogP contribution in [0.2, 0.25) is 0 Å². The predicted molar refractivity (Wildman–Crippen MR) is 126 cm³/mol. The molecule has 1 fully saturated rings. The molecule has 2 aliphatic rings. The molecule has 2 aliphatic heterocycles. The molecule has 0 bridgehead atoms. The van der Waals surface area contributed by atoms with E-state index < -0.39 is 0 Å². The number of hydrogen-bond donors (Lipinski definition) is 1. The fourth-order valence-electron chi connectivity index (χ4n) is 4.44. The lowest BCUT2D eigenvalue weighted by atomic mass is 10.0. The van der Waals surface area contributed by atoms with E-state index in [4.69, 9.17) is 21.7 Å². The lowest BCUT2D eigenvalue weighted by molar-refractivity contribution is 0.174. The van der Waals surface area contributed by atoms with Crippen LogP contribution < -0.4 is 19.7 Å². The number of pyridine rings is 1. The molecular weight excluding hydrogens is 439 g/mol. The van der Waals surface area contributed by atoms with Crippen molar-refractivity contribution in [2.24, 2.45) is 0 Å². The van der Waals surface area contributed by atoms with Crippen LogP contribution in [0.3, 0.4) is 0 Å². The fourth-order valence-corrected chi connectivity index (χ4v) is 4.79. The van der Waals surface area contributed by atoms with Crippen molar-refractivity contribution in [2.75, 3.05) is 11.7 Å². The molecule has 0 spiro atoms. The summed E-state index contributed by atoms with van der Waals surface area (Å²) in [6, 6.07) is 21.7. The van der Waals surface area contributed by atoms with Crippen molar-refractivity contribution in [3.8, 4) is 17.2 Å². The average molecular weight is 459 g/mol. The number of benzene rings is 2. The summed E-state index contributed by atoms with van der Waals surface area (Å²) in [7, 11) is 0. The van der Waals surface area contributed by atoms with Crippen LogP contribution in [0.1, 0.15) is 23.5 Å². The van der Waals surface area contributed by atoms with Crippen LogP contribution in [0.4, 0.5) is 10.1 Å². The molecular formula is C25H19FN4O2S. The highest BCUT2D eigenvalue weighted by Crippen LogP contribution is 2.44. The number of nitrogens with zero attached hydrogens (tertiary/aromatic N) is 3. The molecule has 6 rings (SSSR count). The zero-order valence-corrected chi connectivity index (χ0v) is 18.2.